The largest absolute Gasteiger partial charge is 0.459 e. The van der Waals surface area contributed by atoms with Crippen molar-refractivity contribution < 1.29 is 19.1 Å². The quantitative estimate of drug-likeness (QED) is 0.593. The summed E-state index contributed by atoms with van der Waals surface area (Å²) in [6.07, 6.45) is 3.23. The van der Waals surface area contributed by atoms with Crippen LogP contribution in [0.25, 0.3) is 5.69 Å². The maximum absolute atomic E-state index is 12.0. The van der Waals surface area contributed by atoms with Crippen LogP contribution in [0.4, 0.5) is 4.79 Å². The first-order valence-electron chi connectivity index (χ1n) is 9.04. The van der Waals surface area contributed by atoms with Crippen LogP contribution < -0.4 is 10.6 Å². The Kier molecular flexibility index (Phi) is 4.62. The van der Waals surface area contributed by atoms with Crippen LogP contribution in [-0.2, 0) is 33.8 Å². The van der Waals surface area contributed by atoms with E-state index in [0.717, 1.165) is 36.2 Å². The summed E-state index contributed by atoms with van der Waals surface area (Å²) in [7, 11) is 0. The third-order valence-electron chi connectivity index (χ3n) is 4.88. The number of urea groups is 1. The van der Waals surface area contributed by atoms with Crippen molar-refractivity contribution >= 4 is 17.9 Å². The van der Waals surface area contributed by atoms with Gasteiger partial charge in [-0.25, -0.2) is 9.48 Å². The van der Waals surface area contributed by atoms with Crippen molar-refractivity contribution in [1.82, 2.24) is 20.4 Å². The maximum Gasteiger partial charge on any atom is 0.322 e. The average molecular weight is 368 g/mol. The van der Waals surface area contributed by atoms with Crippen LogP contribution in [0.5, 0.6) is 0 Å². The summed E-state index contributed by atoms with van der Waals surface area (Å²) in [6.45, 7) is 0.115. The van der Waals surface area contributed by atoms with E-state index in [1.54, 1.807) is 0 Å². The molecule has 140 valence electrons. The molecule has 27 heavy (non-hydrogen) atoms. The summed E-state index contributed by atoms with van der Waals surface area (Å²) in [5, 5.41) is 9.26. The molecule has 1 aliphatic carbocycles. The van der Waals surface area contributed by atoms with Crippen LogP contribution in [0.1, 0.15) is 36.2 Å². The van der Waals surface area contributed by atoms with Gasteiger partial charge in [0.15, 0.2) is 0 Å². The predicted molar refractivity (Wildman–Crippen MR) is 95.1 cm³/mol. The number of esters is 1. The molecule has 2 aliphatic rings. The molecule has 1 aromatic carbocycles. The molecule has 8 heteroatoms. The van der Waals surface area contributed by atoms with Crippen LogP contribution in [-0.4, -0.2) is 33.7 Å². The van der Waals surface area contributed by atoms with Crippen LogP contribution in [0.2, 0.25) is 0 Å². The van der Waals surface area contributed by atoms with E-state index in [9.17, 15) is 14.4 Å². The molecule has 1 fully saturated rings. The molecule has 1 aliphatic heterocycles. The zero-order chi connectivity index (χ0) is 18.8. The lowest BCUT2D eigenvalue weighted by molar-refractivity contribution is -0.145. The number of nitrogens with one attached hydrogen (secondary N) is 2. The summed E-state index contributed by atoms with van der Waals surface area (Å²) in [6, 6.07) is 8.70. The van der Waals surface area contributed by atoms with Gasteiger partial charge < -0.3 is 10.1 Å². The third kappa shape index (κ3) is 3.55. The number of ether oxygens (including phenoxy) is 1. The van der Waals surface area contributed by atoms with Gasteiger partial charge in [-0.1, -0.05) is 18.2 Å². The van der Waals surface area contributed by atoms with E-state index in [2.05, 4.69) is 15.7 Å². The number of fused-ring (bicyclic) bond motifs is 1. The number of aromatic nitrogens is 2. The lowest BCUT2D eigenvalue weighted by Crippen LogP contribution is -2.29. The second kappa shape index (κ2) is 7.22. The van der Waals surface area contributed by atoms with Crippen LogP contribution in [0, 0.1) is 0 Å². The lowest BCUT2D eigenvalue weighted by atomic mass is 10.1. The Morgan fingerprint density at radius 1 is 1.22 bits per heavy atom. The zero-order valence-electron chi connectivity index (χ0n) is 14.7. The van der Waals surface area contributed by atoms with E-state index < -0.39 is 23.9 Å². The number of rotatable bonds is 6. The number of nitrogens with zero attached hydrogens (tertiary/aromatic N) is 2. The minimum absolute atomic E-state index is 0.0555. The Morgan fingerprint density at radius 2 is 2.04 bits per heavy atom. The fourth-order valence-corrected chi connectivity index (χ4v) is 3.56. The normalized spacial score (nSPS) is 18.1. The number of imide groups is 1. The highest BCUT2D eigenvalue weighted by Crippen LogP contribution is 2.28. The number of benzene rings is 1. The zero-order valence-corrected chi connectivity index (χ0v) is 14.7. The summed E-state index contributed by atoms with van der Waals surface area (Å²) in [4.78, 5) is 34.6. The highest BCUT2D eigenvalue weighted by Gasteiger charge is 2.30. The summed E-state index contributed by atoms with van der Waals surface area (Å²) >= 11 is 0. The highest BCUT2D eigenvalue weighted by atomic mass is 16.5. The minimum Gasteiger partial charge on any atom is -0.459 e. The van der Waals surface area contributed by atoms with Gasteiger partial charge in [0.1, 0.15) is 18.3 Å². The summed E-state index contributed by atoms with van der Waals surface area (Å²) in [5.41, 5.74) is 4.12. The molecule has 0 spiro atoms. The standard InChI is InChI=1S/C19H20N4O4/c24-17(10-9-14-18(25)21-19(26)20-14)27-11-15-13-7-4-8-16(13)23(22-15)12-5-2-1-3-6-12/h1-3,5-6,14H,4,7-11H2,(H2,20,21,25,26). The molecular weight excluding hydrogens is 348 g/mol. The van der Waals surface area contributed by atoms with Gasteiger partial charge in [-0.3, -0.25) is 14.9 Å². The fourth-order valence-electron chi connectivity index (χ4n) is 3.56. The first kappa shape index (κ1) is 17.3. The molecule has 0 saturated carbocycles. The first-order valence-corrected chi connectivity index (χ1v) is 9.04. The number of hydrogen-bond donors (Lipinski definition) is 2. The maximum atomic E-state index is 12.0. The van der Waals surface area contributed by atoms with Gasteiger partial charge in [0, 0.05) is 17.7 Å². The van der Waals surface area contributed by atoms with Crippen molar-refractivity contribution in [2.45, 2.75) is 44.8 Å². The Balaban J connectivity index is 1.38. The Labute approximate surface area is 155 Å². The van der Waals surface area contributed by atoms with Gasteiger partial charge in [-0.05, 0) is 37.8 Å². The van der Waals surface area contributed by atoms with Gasteiger partial charge in [0.2, 0.25) is 0 Å². The van der Waals surface area contributed by atoms with Crippen LogP contribution in [0.15, 0.2) is 30.3 Å². The van der Waals surface area contributed by atoms with E-state index in [1.807, 2.05) is 35.0 Å². The Morgan fingerprint density at radius 3 is 2.78 bits per heavy atom. The van der Waals surface area contributed by atoms with Crippen molar-refractivity contribution in [3.63, 3.8) is 0 Å². The van der Waals surface area contributed by atoms with Crippen molar-refractivity contribution in [2.24, 2.45) is 0 Å². The van der Waals surface area contributed by atoms with Crippen molar-refractivity contribution in [3.8, 4) is 5.69 Å². The first-order chi connectivity index (χ1) is 13.1. The van der Waals surface area contributed by atoms with Crippen molar-refractivity contribution in [2.75, 3.05) is 0 Å². The molecule has 1 saturated heterocycles. The van der Waals surface area contributed by atoms with Gasteiger partial charge in [-0.15, -0.1) is 0 Å². The summed E-state index contributed by atoms with van der Waals surface area (Å²) in [5.74, 6) is -0.822. The topological polar surface area (TPSA) is 102 Å². The summed E-state index contributed by atoms with van der Waals surface area (Å²) < 4.78 is 7.30. The van der Waals surface area contributed by atoms with E-state index in [-0.39, 0.29) is 19.4 Å². The molecule has 2 aromatic rings. The van der Waals surface area contributed by atoms with E-state index in [4.69, 9.17) is 4.74 Å². The number of carbonyl (C=O) groups is 3. The van der Waals surface area contributed by atoms with E-state index >= 15 is 0 Å². The van der Waals surface area contributed by atoms with E-state index in [1.165, 1.54) is 5.69 Å². The average Bonchev–Trinajstić information content (AvgIpc) is 3.34. The van der Waals surface area contributed by atoms with Gasteiger partial charge in [-0.2, -0.15) is 5.10 Å². The Bertz CT molecular complexity index is 891. The molecule has 0 bridgehead atoms. The molecular formula is C19H20N4O4. The van der Waals surface area contributed by atoms with Gasteiger partial charge in [0.25, 0.3) is 5.91 Å². The fraction of sp³-hybridized carbons (Fsp3) is 0.368. The molecule has 2 heterocycles. The predicted octanol–water partition coefficient (Wildman–Crippen LogP) is 1.39. The lowest BCUT2D eigenvalue weighted by Gasteiger charge is -2.07. The molecule has 3 amide bonds. The molecule has 8 nitrogen and oxygen atoms in total. The molecule has 1 aromatic heterocycles. The third-order valence-corrected chi connectivity index (χ3v) is 4.88. The number of hydrogen-bond acceptors (Lipinski definition) is 5. The van der Waals surface area contributed by atoms with Gasteiger partial charge in [0.05, 0.1) is 5.69 Å². The number of para-hydroxylation sites is 1. The van der Waals surface area contributed by atoms with Crippen molar-refractivity contribution in [1.29, 1.82) is 0 Å². The van der Waals surface area contributed by atoms with Crippen LogP contribution in [0.3, 0.4) is 0 Å². The molecule has 2 N–H and O–H groups in total. The Hall–Kier alpha value is -3.16. The van der Waals surface area contributed by atoms with Crippen LogP contribution >= 0.6 is 0 Å². The van der Waals surface area contributed by atoms with Crippen molar-refractivity contribution in [3.05, 3.63) is 47.3 Å². The SMILES string of the molecule is O=C1NC(=O)C(CCC(=O)OCc2nn(-c3ccccc3)c3c2CCC3)N1. The monoisotopic (exact) mass is 368 g/mol. The number of amides is 3. The minimum atomic E-state index is -0.674. The molecule has 1 unspecified atom stereocenters. The second-order valence-electron chi connectivity index (χ2n) is 6.69. The molecule has 1 atom stereocenters. The molecule has 0 radical (unpaired) electrons. The second-order valence-corrected chi connectivity index (χ2v) is 6.69. The van der Waals surface area contributed by atoms with E-state index in [0.29, 0.717) is 0 Å². The molecule has 4 rings (SSSR count). The smallest absolute Gasteiger partial charge is 0.322 e. The number of carbonyl (C=O) groups excluding carboxylic acids is 3. The highest BCUT2D eigenvalue weighted by molar-refractivity contribution is 6.04. The van der Waals surface area contributed by atoms with Gasteiger partial charge >= 0.3 is 12.0 Å².